The quantitative estimate of drug-likeness (QED) is 0.322. The zero-order valence-electron chi connectivity index (χ0n) is 16.4. The van der Waals surface area contributed by atoms with Crippen LogP contribution in [-0.2, 0) is 4.74 Å². The van der Waals surface area contributed by atoms with Crippen LogP contribution in [0.1, 0.15) is 72.2 Å². The SMILES string of the molecule is CCCCCC[C@@H](C)OC(=O)c1ccc(OC(=O)c2ccc(C)cc2)cc1. The molecule has 0 fully saturated rings. The molecule has 144 valence electrons. The maximum atomic E-state index is 12.2. The van der Waals surface area contributed by atoms with Crippen LogP contribution in [0.4, 0.5) is 0 Å². The maximum Gasteiger partial charge on any atom is 0.343 e. The molecular weight excluding hydrogens is 340 g/mol. The molecule has 0 aliphatic heterocycles. The van der Waals surface area contributed by atoms with Crippen molar-refractivity contribution in [2.24, 2.45) is 0 Å². The minimum absolute atomic E-state index is 0.103. The third-order valence-electron chi connectivity index (χ3n) is 4.36. The molecule has 0 aromatic heterocycles. The Labute approximate surface area is 161 Å². The van der Waals surface area contributed by atoms with E-state index in [1.165, 1.54) is 19.3 Å². The van der Waals surface area contributed by atoms with Gasteiger partial charge in [-0.15, -0.1) is 0 Å². The number of carbonyl (C=O) groups excluding carboxylic acids is 2. The number of ether oxygens (including phenoxy) is 2. The highest BCUT2D eigenvalue weighted by atomic mass is 16.5. The number of hydrogen-bond donors (Lipinski definition) is 0. The van der Waals surface area contributed by atoms with E-state index in [1.807, 2.05) is 26.0 Å². The van der Waals surface area contributed by atoms with Crippen molar-refractivity contribution >= 4 is 11.9 Å². The number of aryl methyl sites for hydroxylation is 1. The molecule has 2 aromatic rings. The van der Waals surface area contributed by atoms with Gasteiger partial charge in [-0.1, -0.05) is 43.9 Å². The van der Waals surface area contributed by atoms with E-state index < -0.39 is 5.97 Å². The summed E-state index contributed by atoms with van der Waals surface area (Å²) in [6.07, 6.45) is 5.40. The van der Waals surface area contributed by atoms with Gasteiger partial charge in [-0.05, 0) is 63.1 Å². The summed E-state index contributed by atoms with van der Waals surface area (Å²) >= 11 is 0. The van der Waals surface area contributed by atoms with Gasteiger partial charge in [-0.25, -0.2) is 9.59 Å². The van der Waals surface area contributed by atoms with Crippen molar-refractivity contribution in [1.82, 2.24) is 0 Å². The molecule has 2 aromatic carbocycles. The van der Waals surface area contributed by atoms with Gasteiger partial charge < -0.3 is 9.47 Å². The first-order chi connectivity index (χ1) is 13.0. The van der Waals surface area contributed by atoms with Crippen LogP contribution in [0.5, 0.6) is 5.75 Å². The molecule has 4 heteroatoms. The van der Waals surface area contributed by atoms with E-state index >= 15 is 0 Å². The molecule has 0 aliphatic carbocycles. The summed E-state index contributed by atoms with van der Waals surface area (Å²) in [5.41, 5.74) is 2.01. The van der Waals surface area contributed by atoms with Gasteiger partial charge in [0.05, 0.1) is 17.2 Å². The highest BCUT2D eigenvalue weighted by molar-refractivity contribution is 5.92. The molecule has 0 spiro atoms. The Morgan fingerprint density at radius 2 is 1.44 bits per heavy atom. The second-order valence-electron chi connectivity index (χ2n) is 6.85. The van der Waals surface area contributed by atoms with Crippen LogP contribution >= 0.6 is 0 Å². The van der Waals surface area contributed by atoms with E-state index in [1.54, 1.807) is 36.4 Å². The van der Waals surface area contributed by atoms with Gasteiger partial charge in [0.1, 0.15) is 5.75 Å². The van der Waals surface area contributed by atoms with Crippen LogP contribution in [0.3, 0.4) is 0 Å². The van der Waals surface area contributed by atoms with Crippen molar-refractivity contribution in [2.45, 2.75) is 59.0 Å². The molecule has 4 nitrogen and oxygen atoms in total. The molecule has 0 amide bonds. The third kappa shape index (κ3) is 6.89. The lowest BCUT2D eigenvalue weighted by molar-refractivity contribution is 0.0319. The fourth-order valence-corrected chi connectivity index (χ4v) is 2.68. The summed E-state index contributed by atoms with van der Waals surface area (Å²) in [7, 11) is 0. The van der Waals surface area contributed by atoms with Gasteiger partial charge >= 0.3 is 11.9 Å². The zero-order valence-corrected chi connectivity index (χ0v) is 16.4. The first-order valence-electron chi connectivity index (χ1n) is 9.59. The highest BCUT2D eigenvalue weighted by Crippen LogP contribution is 2.17. The first kappa shape index (κ1) is 20.7. The molecule has 0 radical (unpaired) electrons. The minimum Gasteiger partial charge on any atom is -0.459 e. The summed E-state index contributed by atoms with van der Waals surface area (Å²) in [5.74, 6) is -0.384. The molecule has 2 rings (SSSR count). The van der Waals surface area contributed by atoms with Crippen LogP contribution in [0.2, 0.25) is 0 Å². The van der Waals surface area contributed by atoms with Gasteiger partial charge in [0, 0.05) is 0 Å². The smallest absolute Gasteiger partial charge is 0.343 e. The molecule has 0 N–H and O–H groups in total. The molecule has 27 heavy (non-hydrogen) atoms. The summed E-state index contributed by atoms with van der Waals surface area (Å²) < 4.78 is 10.8. The largest absolute Gasteiger partial charge is 0.459 e. The van der Waals surface area contributed by atoms with Crippen LogP contribution in [0.25, 0.3) is 0 Å². The molecule has 0 heterocycles. The van der Waals surface area contributed by atoms with Crippen LogP contribution in [0.15, 0.2) is 48.5 Å². The monoisotopic (exact) mass is 368 g/mol. The molecule has 0 saturated heterocycles. The number of benzene rings is 2. The Balaban J connectivity index is 1.85. The van der Waals surface area contributed by atoms with Crippen LogP contribution in [-0.4, -0.2) is 18.0 Å². The van der Waals surface area contributed by atoms with E-state index in [2.05, 4.69) is 6.92 Å². The Kier molecular flexibility index (Phi) is 8.05. The number of esters is 2. The topological polar surface area (TPSA) is 52.6 Å². The highest BCUT2D eigenvalue weighted by Gasteiger charge is 2.13. The van der Waals surface area contributed by atoms with Gasteiger partial charge in [0.15, 0.2) is 0 Å². The number of rotatable bonds is 9. The fourth-order valence-electron chi connectivity index (χ4n) is 2.68. The second kappa shape index (κ2) is 10.5. The lowest BCUT2D eigenvalue weighted by Crippen LogP contribution is -2.15. The average molecular weight is 368 g/mol. The molecule has 0 unspecified atom stereocenters. The molecule has 0 saturated carbocycles. The van der Waals surface area contributed by atoms with Crippen molar-refractivity contribution in [3.8, 4) is 5.75 Å². The van der Waals surface area contributed by atoms with E-state index in [0.29, 0.717) is 16.9 Å². The predicted octanol–water partition coefficient (Wildman–Crippen LogP) is 5.73. The number of hydrogen-bond acceptors (Lipinski definition) is 4. The van der Waals surface area contributed by atoms with Crippen molar-refractivity contribution in [2.75, 3.05) is 0 Å². The first-order valence-corrected chi connectivity index (χ1v) is 9.59. The Bertz CT molecular complexity index is 732. The molecule has 1 atom stereocenters. The molecule has 0 bridgehead atoms. The molecular formula is C23H28O4. The Morgan fingerprint density at radius 3 is 2.07 bits per heavy atom. The second-order valence-corrected chi connectivity index (χ2v) is 6.85. The van der Waals surface area contributed by atoms with Crippen LogP contribution in [0, 0.1) is 6.92 Å². The molecule has 0 aliphatic rings. The Morgan fingerprint density at radius 1 is 0.852 bits per heavy atom. The van der Waals surface area contributed by atoms with E-state index in [9.17, 15) is 9.59 Å². The van der Waals surface area contributed by atoms with Crippen LogP contribution < -0.4 is 4.74 Å². The average Bonchev–Trinajstić information content (AvgIpc) is 2.66. The summed E-state index contributed by atoms with van der Waals surface area (Å²) in [6, 6.07) is 13.6. The van der Waals surface area contributed by atoms with E-state index in [0.717, 1.165) is 18.4 Å². The van der Waals surface area contributed by atoms with Gasteiger partial charge in [0.2, 0.25) is 0 Å². The van der Waals surface area contributed by atoms with E-state index in [4.69, 9.17) is 9.47 Å². The normalized spacial score (nSPS) is 11.7. The third-order valence-corrected chi connectivity index (χ3v) is 4.36. The summed E-state index contributed by atoms with van der Waals surface area (Å²) in [4.78, 5) is 24.3. The summed E-state index contributed by atoms with van der Waals surface area (Å²) in [6.45, 7) is 6.05. The van der Waals surface area contributed by atoms with Crippen molar-refractivity contribution < 1.29 is 19.1 Å². The van der Waals surface area contributed by atoms with Crippen molar-refractivity contribution in [1.29, 1.82) is 0 Å². The standard InChI is InChI=1S/C23H28O4/c1-4-5-6-7-8-18(3)26-22(24)20-13-15-21(16-14-20)27-23(25)19-11-9-17(2)10-12-19/h9-16,18H,4-8H2,1-3H3/t18-/m1/s1. The van der Waals surface area contributed by atoms with Crippen molar-refractivity contribution in [3.63, 3.8) is 0 Å². The van der Waals surface area contributed by atoms with Gasteiger partial charge in [-0.2, -0.15) is 0 Å². The Hall–Kier alpha value is -2.62. The lowest BCUT2D eigenvalue weighted by Gasteiger charge is -2.13. The fraction of sp³-hybridized carbons (Fsp3) is 0.391. The van der Waals surface area contributed by atoms with Gasteiger partial charge in [-0.3, -0.25) is 0 Å². The zero-order chi connectivity index (χ0) is 19.6. The maximum absolute atomic E-state index is 12.2. The van der Waals surface area contributed by atoms with Crippen molar-refractivity contribution in [3.05, 3.63) is 65.2 Å². The minimum atomic E-state index is -0.425. The van der Waals surface area contributed by atoms with E-state index in [-0.39, 0.29) is 12.1 Å². The summed E-state index contributed by atoms with van der Waals surface area (Å²) in [5, 5.41) is 0. The number of unbranched alkanes of at least 4 members (excludes halogenated alkanes) is 3. The van der Waals surface area contributed by atoms with Gasteiger partial charge in [0.25, 0.3) is 0 Å². The lowest BCUT2D eigenvalue weighted by atomic mass is 10.1. The number of carbonyl (C=O) groups is 2. The predicted molar refractivity (Wildman–Crippen MR) is 106 cm³/mol.